The van der Waals surface area contributed by atoms with Crippen molar-refractivity contribution in [2.75, 3.05) is 0 Å². The zero-order valence-corrected chi connectivity index (χ0v) is 12.4. The maximum atomic E-state index is 7.23. The molecule has 2 fully saturated rings. The summed E-state index contributed by atoms with van der Waals surface area (Å²) in [6.07, 6.45) is 14.1. The molecule has 0 unspecified atom stereocenters. The summed E-state index contributed by atoms with van der Waals surface area (Å²) in [7, 11) is 0. The molecule has 0 bridgehead atoms. The van der Waals surface area contributed by atoms with Crippen molar-refractivity contribution in [3.63, 3.8) is 0 Å². The lowest BCUT2D eigenvalue weighted by molar-refractivity contribution is 0.129. The summed E-state index contributed by atoms with van der Waals surface area (Å²) in [5, 5.41) is 0. The maximum Gasteiger partial charge on any atom is 0.0525 e. The first-order valence-electron chi connectivity index (χ1n) is 7.84. The highest BCUT2D eigenvalue weighted by Gasteiger charge is 2.46. The van der Waals surface area contributed by atoms with Crippen LogP contribution in [0.5, 0.6) is 0 Å². The summed E-state index contributed by atoms with van der Waals surface area (Å²) in [6, 6.07) is 0. The zero-order chi connectivity index (χ0) is 12.3. The first-order valence-corrected chi connectivity index (χ1v) is 8.22. The molecular formula is C16H33ClSi. The molecule has 0 atom stereocenters. The average molecular weight is 289 g/mol. The molecule has 2 heteroatoms. The topological polar surface area (TPSA) is 0 Å². The summed E-state index contributed by atoms with van der Waals surface area (Å²) in [5.74, 6) is 2.22. The molecule has 0 amide bonds. The van der Waals surface area contributed by atoms with Gasteiger partial charge in [-0.1, -0.05) is 52.4 Å². The Labute approximate surface area is 123 Å². The second-order valence-corrected chi connectivity index (χ2v) is 7.31. The van der Waals surface area contributed by atoms with Crippen molar-refractivity contribution in [3.8, 4) is 0 Å². The highest BCUT2D eigenvalue weighted by Crippen LogP contribution is 2.50. The van der Waals surface area contributed by atoms with E-state index in [1.54, 1.807) is 0 Å². The van der Waals surface area contributed by atoms with E-state index in [9.17, 15) is 0 Å². The second-order valence-electron chi connectivity index (χ2n) is 6.65. The summed E-state index contributed by atoms with van der Waals surface area (Å²) in [6.45, 7) is 4.71. The van der Waals surface area contributed by atoms with E-state index in [2.05, 4.69) is 13.8 Å². The van der Waals surface area contributed by atoms with Crippen LogP contribution < -0.4 is 0 Å². The minimum absolute atomic E-state index is 0. The van der Waals surface area contributed by atoms with Crippen LogP contribution in [-0.2, 0) is 0 Å². The van der Waals surface area contributed by atoms with E-state index in [-0.39, 0.29) is 15.8 Å². The number of hydrogen-bond donors (Lipinski definition) is 0. The molecule has 0 nitrogen and oxygen atoms in total. The second kappa shape index (κ2) is 7.33. The number of halogens is 1. The van der Waals surface area contributed by atoms with Gasteiger partial charge in [0.15, 0.2) is 0 Å². The summed E-state index contributed by atoms with van der Waals surface area (Å²) in [5.41, 5.74) is 0. The van der Waals surface area contributed by atoms with Gasteiger partial charge in [0.1, 0.15) is 0 Å². The molecule has 2 aliphatic rings. The van der Waals surface area contributed by atoms with Gasteiger partial charge in [-0.2, -0.15) is 0 Å². The van der Waals surface area contributed by atoms with E-state index in [4.69, 9.17) is 11.6 Å². The van der Waals surface area contributed by atoms with Crippen molar-refractivity contribution in [2.45, 2.75) is 82.9 Å². The molecule has 0 aromatic carbocycles. The van der Waals surface area contributed by atoms with Crippen molar-refractivity contribution in [1.82, 2.24) is 0 Å². The molecule has 0 aromatic rings. The Morgan fingerprint density at radius 2 is 1.11 bits per heavy atom. The van der Waals surface area contributed by atoms with Gasteiger partial charge in [-0.25, -0.2) is 0 Å². The van der Waals surface area contributed by atoms with E-state index in [1.165, 1.54) is 64.2 Å². The van der Waals surface area contributed by atoms with Gasteiger partial charge in [0.05, 0.1) is 4.87 Å². The smallest absolute Gasteiger partial charge is 0.0525 e. The fraction of sp³-hybridized carbons (Fsp3) is 1.00. The van der Waals surface area contributed by atoms with Gasteiger partial charge in [0, 0.05) is 0 Å². The first kappa shape index (κ1) is 16.6. The molecular weight excluding hydrogens is 256 g/mol. The van der Waals surface area contributed by atoms with Gasteiger partial charge < -0.3 is 0 Å². The Bertz CT molecular complexity index is 209. The number of rotatable bonds is 3. The zero-order valence-electron chi connectivity index (χ0n) is 11.7. The Hall–Kier alpha value is 0.507. The third-order valence-corrected chi connectivity index (χ3v) is 6.40. The van der Waals surface area contributed by atoms with E-state index in [1.807, 2.05) is 0 Å². The van der Waals surface area contributed by atoms with Crippen molar-refractivity contribution >= 4 is 22.6 Å². The Morgan fingerprint density at radius 1 is 0.778 bits per heavy atom. The molecule has 0 radical (unpaired) electrons. The van der Waals surface area contributed by atoms with Gasteiger partial charge >= 0.3 is 0 Å². The normalized spacial score (nSPS) is 24.0. The largest absolute Gasteiger partial charge is 0.118 e. The standard InChI is InChI=1S/C16H29Cl.H4Si/c1-13(2)16(17,14-9-5-3-6-10-14)15-11-7-4-8-12-15;/h13-15H,3-12H2,1-2H3;1H4. The Kier molecular flexibility index (Phi) is 6.75. The quantitative estimate of drug-likeness (QED) is 0.536. The third-order valence-electron chi connectivity index (χ3n) is 5.35. The molecule has 0 aliphatic heterocycles. The van der Waals surface area contributed by atoms with Gasteiger partial charge in [-0.15, -0.1) is 11.6 Å². The Morgan fingerprint density at radius 3 is 1.39 bits per heavy atom. The molecule has 2 aliphatic carbocycles. The summed E-state index contributed by atoms with van der Waals surface area (Å²) < 4.78 is 0. The fourth-order valence-corrected chi connectivity index (χ4v) is 4.80. The van der Waals surface area contributed by atoms with Crippen LogP contribution in [0.3, 0.4) is 0 Å². The van der Waals surface area contributed by atoms with Gasteiger partial charge in [-0.3, -0.25) is 0 Å². The highest BCUT2D eigenvalue weighted by molar-refractivity contribution is 6.24. The minimum Gasteiger partial charge on any atom is -0.118 e. The van der Waals surface area contributed by atoms with E-state index in [0.29, 0.717) is 5.92 Å². The van der Waals surface area contributed by atoms with Crippen molar-refractivity contribution in [3.05, 3.63) is 0 Å². The van der Waals surface area contributed by atoms with Crippen LogP contribution in [-0.4, -0.2) is 15.8 Å². The van der Waals surface area contributed by atoms with Crippen LogP contribution in [0.1, 0.15) is 78.1 Å². The molecule has 0 saturated heterocycles. The Balaban J connectivity index is 0.00000162. The van der Waals surface area contributed by atoms with Gasteiger partial charge in [0.25, 0.3) is 0 Å². The monoisotopic (exact) mass is 288 g/mol. The number of hydrogen-bond acceptors (Lipinski definition) is 0. The van der Waals surface area contributed by atoms with Gasteiger partial charge in [-0.05, 0) is 54.4 Å². The highest BCUT2D eigenvalue weighted by atomic mass is 35.5. The molecule has 2 rings (SSSR count). The lowest BCUT2D eigenvalue weighted by Crippen LogP contribution is -2.46. The third kappa shape index (κ3) is 3.33. The van der Waals surface area contributed by atoms with Crippen LogP contribution in [0.4, 0.5) is 0 Å². The van der Waals surface area contributed by atoms with Crippen LogP contribution in [0.15, 0.2) is 0 Å². The molecule has 2 saturated carbocycles. The molecule has 0 heterocycles. The molecule has 18 heavy (non-hydrogen) atoms. The minimum atomic E-state index is 0. The lowest BCUT2D eigenvalue weighted by Gasteiger charge is -2.47. The van der Waals surface area contributed by atoms with E-state index < -0.39 is 0 Å². The van der Waals surface area contributed by atoms with Crippen LogP contribution >= 0.6 is 11.6 Å². The van der Waals surface area contributed by atoms with Crippen LogP contribution in [0.2, 0.25) is 0 Å². The van der Waals surface area contributed by atoms with Crippen molar-refractivity contribution in [1.29, 1.82) is 0 Å². The molecule has 108 valence electrons. The predicted molar refractivity (Wildman–Crippen MR) is 87.9 cm³/mol. The summed E-state index contributed by atoms with van der Waals surface area (Å²) in [4.78, 5) is 0.112. The van der Waals surface area contributed by atoms with Gasteiger partial charge in [0.2, 0.25) is 0 Å². The van der Waals surface area contributed by atoms with Crippen molar-refractivity contribution < 1.29 is 0 Å². The fourth-order valence-electron chi connectivity index (χ4n) is 4.37. The SMILES string of the molecule is CC(C)C(Cl)(C1CCCCC1)C1CCCCC1.[SiH4]. The van der Waals surface area contributed by atoms with Crippen LogP contribution in [0, 0.1) is 17.8 Å². The van der Waals surface area contributed by atoms with E-state index >= 15 is 0 Å². The molecule has 0 aromatic heterocycles. The lowest BCUT2D eigenvalue weighted by atomic mass is 9.65. The molecule has 0 spiro atoms. The van der Waals surface area contributed by atoms with Crippen molar-refractivity contribution in [2.24, 2.45) is 17.8 Å². The number of alkyl halides is 1. The van der Waals surface area contributed by atoms with E-state index in [0.717, 1.165) is 11.8 Å². The van der Waals surface area contributed by atoms with Crippen LogP contribution in [0.25, 0.3) is 0 Å². The average Bonchev–Trinajstić information content (AvgIpc) is 2.39. The predicted octanol–water partition coefficient (Wildman–Crippen LogP) is 4.33. The maximum absolute atomic E-state index is 7.23. The first-order chi connectivity index (χ1) is 8.15. The summed E-state index contributed by atoms with van der Waals surface area (Å²) >= 11 is 7.23. The molecule has 0 N–H and O–H groups in total.